The molecule has 2 aromatic heterocycles. The first-order valence-electron chi connectivity index (χ1n) is 8.43. The van der Waals surface area contributed by atoms with Gasteiger partial charge in [0.15, 0.2) is 0 Å². The lowest BCUT2D eigenvalue weighted by Gasteiger charge is -2.18. The van der Waals surface area contributed by atoms with E-state index in [0.29, 0.717) is 12.2 Å². The Bertz CT molecular complexity index is 994. The number of anilines is 1. The van der Waals surface area contributed by atoms with E-state index in [9.17, 15) is 9.59 Å². The Morgan fingerprint density at radius 1 is 1.23 bits per heavy atom. The van der Waals surface area contributed by atoms with Crippen LogP contribution in [-0.4, -0.2) is 22.6 Å². The van der Waals surface area contributed by atoms with E-state index in [1.54, 1.807) is 22.9 Å². The van der Waals surface area contributed by atoms with Crippen molar-refractivity contribution >= 4 is 22.5 Å². The van der Waals surface area contributed by atoms with Crippen LogP contribution < -0.4 is 15.6 Å². The molecule has 0 saturated carbocycles. The van der Waals surface area contributed by atoms with Gasteiger partial charge in [-0.2, -0.15) is 0 Å². The maximum Gasteiger partial charge on any atom is 0.267 e. The predicted octanol–water partition coefficient (Wildman–Crippen LogP) is 3.31. The van der Waals surface area contributed by atoms with Gasteiger partial charge < -0.3 is 14.6 Å². The van der Waals surface area contributed by atoms with Crippen molar-refractivity contribution in [2.75, 3.05) is 12.4 Å². The van der Waals surface area contributed by atoms with E-state index < -0.39 is 5.91 Å². The van der Waals surface area contributed by atoms with Crippen molar-refractivity contribution < 1.29 is 9.53 Å². The van der Waals surface area contributed by atoms with E-state index in [2.05, 4.69) is 10.3 Å². The molecule has 0 spiro atoms. The van der Waals surface area contributed by atoms with Crippen molar-refractivity contribution in [3.63, 3.8) is 0 Å². The Labute approximate surface area is 151 Å². The van der Waals surface area contributed by atoms with E-state index in [-0.39, 0.29) is 22.8 Å². The predicted molar refractivity (Wildman–Crippen MR) is 102 cm³/mol. The van der Waals surface area contributed by atoms with E-state index >= 15 is 0 Å². The van der Waals surface area contributed by atoms with E-state index in [4.69, 9.17) is 4.74 Å². The number of rotatable bonds is 5. The molecule has 0 aliphatic heterocycles. The van der Waals surface area contributed by atoms with Crippen LogP contribution in [0.15, 0.2) is 53.6 Å². The molecule has 0 atom stereocenters. The standard InChI is InChI=1S/C20H21N3O3/c1-13(2)12-23-16-9-5-4-8-15(16)18(26-3)17(20(23)25)19(24)22-14-7-6-10-21-11-14/h4-11,13H,12H2,1-3H3,(H,22,24). The third-order valence-electron chi connectivity index (χ3n) is 4.02. The first-order valence-corrected chi connectivity index (χ1v) is 8.43. The lowest BCUT2D eigenvalue weighted by molar-refractivity contribution is 0.102. The molecule has 6 heteroatoms. The molecule has 2 heterocycles. The van der Waals surface area contributed by atoms with Crippen LogP contribution in [0.25, 0.3) is 10.9 Å². The van der Waals surface area contributed by atoms with Gasteiger partial charge in [0.25, 0.3) is 11.5 Å². The van der Waals surface area contributed by atoms with Gasteiger partial charge in [-0.1, -0.05) is 26.0 Å². The highest BCUT2D eigenvalue weighted by Crippen LogP contribution is 2.28. The Balaban J connectivity index is 2.22. The molecule has 0 aliphatic rings. The third kappa shape index (κ3) is 3.31. The van der Waals surface area contributed by atoms with Crippen LogP contribution in [0.5, 0.6) is 5.75 Å². The van der Waals surface area contributed by atoms with Crippen LogP contribution in [0, 0.1) is 5.92 Å². The number of nitrogens with zero attached hydrogens (tertiary/aromatic N) is 2. The van der Waals surface area contributed by atoms with Gasteiger partial charge in [0, 0.05) is 18.1 Å². The first kappa shape index (κ1) is 17.7. The van der Waals surface area contributed by atoms with Gasteiger partial charge in [-0.15, -0.1) is 0 Å². The number of carbonyl (C=O) groups is 1. The number of fused-ring (bicyclic) bond motifs is 1. The summed E-state index contributed by atoms with van der Waals surface area (Å²) in [6, 6.07) is 10.9. The Kier molecular flexibility index (Phi) is 5.02. The van der Waals surface area contributed by atoms with Crippen molar-refractivity contribution in [1.29, 1.82) is 0 Å². The third-order valence-corrected chi connectivity index (χ3v) is 4.02. The number of hydrogen-bond acceptors (Lipinski definition) is 4. The number of benzene rings is 1. The monoisotopic (exact) mass is 351 g/mol. The molecule has 0 unspecified atom stereocenters. The number of amides is 1. The van der Waals surface area contributed by atoms with Gasteiger partial charge in [-0.25, -0.2) is 0 Å². The summed E-state index contributed by atoms with van der Waals surface area (Å²) in [5.41, 5.74) is 0.898. The molecular weight excluding hydrogens is 330 g/mol. The largest absolute Gasteiger partial charge is 0.495 e. The molecular formula is C20H21N3O3. The van der Waals surface area contributed by atoms with E-state index in [1.807, 2.05) is 38.1 Å². The van der Waals surface area contributed by atoms with Crippen LogP contribution in [0.2, 0.25) is 0 Å². The fourth-order valence-corrected chi connectivity index (χ4v) is 2.97. The number of ether oxygens (including phenoxy) is 1. The van der Waals surface area contributed by atoms with Gasteiger partial charge in [0.05, 0.1) is 24.5 Å². The Morgan fingerprint density at radius 2 is 2.00 bits per heavy atom. The number of nitrogens with one attached hydrogen (secondary N) is 1. The lowest BCUT2D eigenvalue weighted by Crippen LogP contribution is -2.31. The smallest absolute Gasteiger partial charge is 0.267 e. The second kappa shape index (κ2) is 7.39. The van der Waals surface area contributed by atoms with Crippen molar-refractivity contribution in [3.05, 3.63) is 64.7 Å². The topological polar surface area (TPSA) is 73.2 Å². The normalized spacial score (nSPS) is 10.9. The van der Waals surface area contributed by atoms with Gasteiger partial charge in [-0.3, -0.25) is 14.6 Å². The molecule has 0 radical (unpaired) electrons. The van der Waals surface area contributed by atoms with Gasteiger partial charge in [0.1, 0.15) is 11.3 Å². The van der Waals surface area contributed by atoms with E-state index in [0.717, 1.165) is 10.9 Å². The second-order valence-electron chi connectivity index (χ2n) is 6.43. The Morgan fingerprint density at radius 3 is 2.65 bits per heavy atom. The summed E-state index contributed by atoms with van der Waals surface area (Å²) < 4.78 is 7.11. The molecule has 6 nitrogen and oxygen atoms in total. The number of pyridine rings is 2. The minimum absolute atomic E-state index is 0.00398. The van der Waals surface area contributed by atoms with E-state index in [1.165, 1.54) is 13.3 Å². The summed E-state index contributed by atoms with van der Waals surface area (Å²) in [5, 5.41) is 3.45. The van der Waals surface area contributed by atoms with Crippen molar-refractivity contribution in [3.8, 4) is 5.75 Å². The van der Waals surface area contributed by atoms with Crippen molar-refractivity contribution in [1.82, 2.24) is 9.55 Å². The number of aromatic nitrogens is 2. The molecule has 1 amide bonds. The summed E-state index contributed by atoms with van der Waals surface area (Å²) in [4.78, 5) is 30.0. The molecule has 0 saturated heterocycles. The van der Waals surface area contributed by atoms with Crippen molar-refractivity contribution in [2.24, 2.45) is 5.92 Å². The van der Waals surface area contributed by atoms with Crippen molar-refractivity contribution in [2.45, 2.75) is 20.4 Å². The summed E-state index contributed by atoms with van der Waals surface area (Å²) in [5.74, 6) is 0.0221. The molecule has 0 bridgehead atoms. The highest BCUT2D eigenvalue weighted by atomic mass is 16.5. The van der Waals surface area contributed by atoms with Crippen LogP contribution in [0.1, 0.15) is 24.2 Å². The van der Waals surface area contributed by atoms with Gasteiger partial charge in [0.2, 0.25) is 0 Å². The summed E-state index contributed by atoms with van der Waals surface area (Å²) in [6.45, 7) is 4.57. The zero-order valence-corrected chi connectivity index (χ0v) is 15.0. The minimum atomic E-state index is -0.511. The highest BCUT2D eigenvalue weighted by molar-refractivity contribution is 6.09. The summed E-state index contributed by atoms with van der Waals surface area (Å²) in [7, 11) is 1.47. The summed E-state index contributed by atoms with van der Waals surface area (Å²) in [6.07, 6.45) is 3.14. The molecule has 3 aromatic rings. The zero-order valence-electron chi connectivity index (χ0n) is 15.0. The number of para-hydroxylation sites is 1. The molecule has 3 rings (SSSR count). The molecule has 0 fully saturated rings. The molecule has 0 aliphatic carbocycles. The summed E-state index contributed by atoms with van der Waals surface area (Å²) >= 11 is 0. The maximum atomic E-state index is 13.1. The minimum Gasteiger partial charge on any atom is -0.495 e. The fourth-order valence-electron chi connectivity index (χ4n) is 2.97. The van der Waals surface area contributed by atoms with Crippen LogP contribution in [-0.2, 0) is 6.54 Å². The number of hydrogen-bond donors (Lipinski definition) is 1. The quantitative estimate of drug-likeness (QED) is 0.765. The first-order chi connectivity index (χ1) is 12.5. The average molecular weight is 351 g/mol. The number of carbonyl (C=O) groups excluding carboxylic acids is 1. The molecule has 1 N–H and O–H groups in total. The SMILES string of the molecule is COc1c(C(=O)Nc2cccnc2)c(=O)n(CC(C)C)c2ccccc12. The average Bonchev–Trinajstić information content (AvgIpc) is 2.64. The molecule has 26 heavy (non-hydrogen) atoms. The van der Waals surface area contributed by atoms with Crippen LogP contribution in [0.4, 0.5) is 5.69 Å². The molecule has 134 valence electrons. The lowest BCUT2D eigenvalue weighted by atomic mass is 10.1. The highest BCUT2D eigenvalue weighted by Gasteiger charge is 2.23. The second-order valence-corrected chi connectivity index (χ2v) is 6.43. The maximum absolute atomic E-state index is 13.1. The zero-order chi connectivity index (χ0) is 18.7. The van der Waals surface area contributed by atoms with Crippen LogP contribution >= 0.6 is 0 Å². The molecule has 1 aromatic carbocycles. The van der Waals surface area contributed by atoms with Gasteiger partial charge >= 0.3 is 0 Å². The Hall–Kier alpha value is -3.15. The van der Waals surface area contributed by atoms with Crippen LogP contribution in [0.3, 0.4) is 0 Å². The fraction of sp³-hybridized carbons (Fsp3) is 0.250. The van der Waals surface area contributed by atoms with Gasteiger partial charge in [-0.05, 0) is 30.2 Å². The number of methoxy groups -OCH3 is 1.